The molecule has 1 aromatic carbocycles. The number of amides is 1. The van der Waals surface area contributed by atoms with Crippen molar-refractivity contribution in [3.63, 3.8) is 0 Å². The Morgan fingerprint density at radius 2 is 1.89 bits per heavy atom. The normalized spacial score (nSPS) is 18.8. The summed E-state index contributed by atoms with van der Waals surface area (Å²) in [6.07, 6.45) is 7.93. The molecule has 1 aromatic heterocycles. The monoisotopic (exact) mass is 402 g/mol. The summed E-state index contributed by atoms with van der Waals surface area (Å²) in [5.74, 6) is 0.396. The highest BCUT2D eigenvalue weighted by Crippen LogP contribution is 2.42. The van der Waals surface area contributed by atoms with Crippen LogP contribution in [-0.2, 0) is 4.79 Å². The molecule has 28 heavy (non-hydrogen) atoms. The third-order valence-corrected chi connectivity index (χ3v) is 6.84. The van der Waals surface area contributed by atoms with E-state index in [9.17, 15) is 9.18 Å². The minimum absolute atomic E-state index is 0.134. The molecular weight excluding hydrogens is 375 g/mol. The lowest BCUT2D eigenvalue weighted by molar-refractivity contribution is -0.131. The molecular formula is C21H27FN4OS. The van der Waals surface area contributed by atoms with Gasteiger partial charge in [0, 0.05) is 19.1 Å². The summed E-state index contributed by atoms with van der Waals surface area (Å²) in [6, 6.07) is 7.30. The quantitative estimate of drug-likeness (QED) is 0.658. The SMILES string of the molecule is CC(Sc1nnc(-c2ccccc2F)n1C1CC1)C(=O)N(C)C1CCCCC1. The maximum absolute atomic E-state index is 14.3. The van der Waals surface area contributed by atoms with Crippen molar-refractivity contribution in [3.05, 3.63) is 30.1 Å². The van der Waals surface area contributed by atoms with Crippen molar-refractivity contribution in [2.75, 3.05) is 7.05 Å². The number of aromatic nitrogens is 3. The molecule has 2 saturated carbocycles. The van der Waals surface area contributed by atoms with E-state index < -0.39 is 0 Å². The number of carbonyl (C=O) groups excluding carboxylic acids is 1. The predicted molar refractivity (Wildman–Crippen MR) is 109 cm³/mol. The van der Waals surface area contributed by atoms with Gasteiger partial charge in [0.15, 0.2) is 11.0 Å². The number of hydrogen-bond acceptors (Lipinski definition) is 4. The molecule has 2 fully saturated rings. The van der Waals surface area contributed by atoms with E-state index in [2.05, 4.69) is 10.2 Å². The molecule has 0 saturated heterocycles. The van der Waals surface area contributed by atoms with Crippen molar-refractivity contribution in [3.8, 4) is 11.4 Å². The Balaban J connectivity index is 1.53. The van der Waals surface area contributed by atoms with Gasteiger partial charge in [-0.25, -0.2) is 4.39 Å². The maximum atomic E-state index is 14.3. The first kappa shape index (κ1) is 19.4. The first-order chi connectivity index (χ1) is 13.6. The molecule has 0 N–H and O–H groups in total. The maximum Gasteiger partial charge on any atom is 0.235 e. The average molecular weight is 403 g/mol. The van der Waals surface area contributed by atoms with Crippen LogP contribution in [0.4, 0.5) is 4.39 Å². The van der Waals surface area contributed by atoms with Crippen LogP contribution in [0.5, 0.6) is 0 Å². The predicted octanol–water partition coefficient (Wildman–Crippen LogP) is 4.69. The van der Waals surface area contributed by atoms with E-state index in [-0.39, 0.29) is 17.0 Å². The van der Waals surface area contributed by atoms with Crippen molar-refractivity contribution < 1.29 is 9.18 Å². The third-order valence-electron chi connectivity index (χ3n) is 5.79. The number of nitrogens with zero attached hydrogens (tertiary/aromatic N) is 4. The fraction of sp³-hybridized carbons (Fsp3) is 0.571. The molecule has 1 heterocycles. The van der Waals surface area contributed by atoms with Gasteiger partial charge in [-0.2, -0.15) is 0 Å². The van der Waals surface area contributed by atoms with Gasteiger partial charge in [-0.15, -0.1) is 10.2 Å². The van der Waals surface area contributed by atoms with E-state index in [0.717, 1.165) is 25.7 Å². The van der Waals surface area contributed by atoms with Gasteiger partial charge < -0.3 is 4.90 Å². The number of hydrogen-bond donors (Lipinski definition) is 0. The first-order valence-electron chi connectivity index (χ1n) is 10.2. The minimum atomic E-state index is -0.297. The van der Waals surface area contributed by atoms with Crippen LogP contribution >= 0.6 is 11.8 Å². The van der Waals surface area contributed by atoms with Crippen LogP contribution in [0.1, 0.15) is 57.9 Å². The van der Waals surface area contributed by atoms with Gasteiger partial charge in [-0.3, -0.25) is 9.36 Å². The molecule has 0 spiro atoms. The lowest BCUT2D eigenvalue weighted by Gasteiger charge is -2.32. The van der Waals surface area contributed by atoms with E-state index >= 15 is 0 Å². The van der Waals surface area contributed by atoms with Crippen LogP contribution in [0.3, 0.4) is 0 Å². The summed E-state index contributed by atoms with van der Waals surface area (Å²) in [5, 5.41) is 9.07. The Morgan fingerprint density at radius 1 is 1.18 bits per heavy atom. The number of benzene rings is 1. The third kappa shape index (κ3) is 3.95. The Morgan fingerprint density at radius 3 is 2.57 bits per heavy atom. The second-order valence-corrected chi connectivity index (χ2v) is 9.20. The minimum Gasteiger partial charge on any atom is -0.342 e. The van der Waals surface area contributed by atoms with E-state index in [1.807, 2.05) is 29.5 Å². The molecule has 5 nitrogen and oxygen atoms in total. The molecule has 0 aliphatic heterocycles. The van der Waals surface area contributed by atoms with Crippen molar-refractivity contribution in [1.29, 1.82) is 0 Å². The highest BCUT2D eigenvalue weighted by Gasteiger charge is 2.33. The van der Waals surface area contributed by atoms with Gasteiger partial charge in [0.1, 0.15) is 5.82 Å². The Bertz CT molecular complexity index is 845. The zero-order valence-corrected chi connectivity index (χ0v) is 17.3. The van der Waals surface area contributed by atoms with Crippen molar-refractivity contribution in [1.82, 2.24) is 19.7 Å². The zero-order valence-electron chi connectivity index (χ0n) is 16.5. The van der Waals surface area contributed by atoms with Crippen LogP contribution in [-0.4, -0.2) is 43.9 Å². The molecule has 2 aromatic rings. The second kappa shape index (κ2) is 8.23. The smallest absolute Gasteiger partial charge is 0.235 e. The van der Waals surface area contributed by atoms with E-state index in [0.29, 0.717) is 28.6 Å². The molecule has 4 rings (SSSR count). The summed E-state index contributed by atoms with van der Waals surface area (Å²) in [7, 11) is 1.92. The lowest BCUT2D eigenvalue weighted by Crippen LogP contribution is -2.42. The topological polar surface area (TPSA) is 51.0 Å². The molecule has 1 amide bonds. The second-order valence-electron chi connectivity index (χ2n) is 7.89. The largest absolute Gasteiger partial charge is 0.342 e. The zero-order chi connectivity index (χ0) is 19.7. The highest BCUT2D eigenvalue weighted by molar-refractivity contribution is 8.00. The van der Waals surface area contributed by atoms with E-state index in [1.165, 1.54) is 37.1 Å². The van der Waals surface area contributed by atoms with Crippen molar-refractivity contribution in [2.45, 2.75) is 74.4 Å². The van der Waals surface area contributed by atoms with Crippen LogP contribution in [0.25, 0.3) is 11.4 Å². The van der Waals surface area contributed by atoms with Gasteiger partial charge in [-0.05, 0) is 44.7 Å². The molecule has 150 valence electrons. The van der Waals surface area contributed by atoms with Gasteiger partial charge in [0.2, 0.25) is 5.91 Å². The molecule has 2 aliphatic carbocycles. The lowest BCUT2D eigenvalue weighted by atomic mass is 9.94. The standard InChI is InChI=1S/C21H27FN4OS/c1-14(20(27)25(2)15-8-4-3-5-9-15)28-21-24-23-19(26(21)16-12-13-16)17-10-6-7-11-18(17)22/h6-7,10-11,14-16H,3-5,8-9,12-13H2,1-2H3. The summed E-state index contributed by atoms with van der Waals surface area (Å²) >= 11 is 1.44. The molecule has 7 heteroatoms. The van der Waals surface area contributed by atoms with Gasteiger partial charge in [0.05, 0.1) is 10.8 Å². The number of rotatable bonds is 6. The number of halogens is 1. The summed E-state index contributed by atoms with van der Waals surface area (Å²) in [4.78, 5) is 14.9. The molecule has 1 unspecified atom stereocenters. The van der Waals surface area contributed by atoms with Crippen LogP contribution < -0.4 is 0 Å². The number of carbonyl (C=O) groups is 1. The summed E-state index contributed by atoms with van der Waals surface area (Å²) < 4.78 is 16.3. The Hall–Kier alpha value is -1.89. The first-order valence-corrected chi connectivity index (χ1v) is 11.1. The molecule has 0 bridgehead atoms. The summed E-state index contributed by atoms with van der Waals surface area (Å²) in [5.41, 5.74) is 0.465. The Labute approximate surface area is 169 Å². The Kier molecular flexibility index (Phi) is 5.71. The van der Waals surface area contributed by atoms with Crippen LogP contribution in [0.15, 0.2) is 29.4 Å². The highest BCUT2D eigenvalue weighted by atomic mass is 32.2. The van der Waals surface area contributed by atoms with Gasteiger partial charge in [-0.1, -0.05) is 43.2 Å². The molecule has 1 atom stereocenters. The molecule has 0 radical (unpaired) electrons. The fourth-order valence-electron chi connectivity index (χ4n) is 3.99. The fourth-order valence-corrected chi connectivity index (χ4v) is 5.01. The summed E-state index contributed by atoms with van der Waals surface area (Å²) in [6.45, 7) is 1.93. The van der Waals surface area contributed by atoms with E-state index in [4.69, 9.17) is 0 Å². The molecule has 2 aliphatic rings. The number of thioether (sulfide) groups is 1. The van der Waals surface area contributed by atoms with Crippen LogP contribution in [0.2, 0.25) is 0 Å². The van der Waals surface area contributed by atoms with Crippen molar-refractivity contribution >= 4 is 17.7 Å². The van der Waals surface area contributed by atoms with Crippen LogP contribution in [0, 0.1) is 5.82 Å². The van der Waals surface area contributed by atoms with E-state index in [1.54, 1.807) is 12.1 Å². The van der Waals surface area contributed by atoms with Crippen molar-refractivity contribution in [2.24, 2.45) is 0 Å². The average Bonchev–Trinajstić information content (AvgIpc) is 3.48. The van der Waals surface area contributed by atoms with Gasteiger partial charge in [0.25, 0.3) is 0 Å². The van der Waals surface area contributed by atoms with Gasteiger partial charge >= 0.3 is 0 Å².